The van der Waals surface area contributed by atoms with Gasteiger partial charge in [0.1, 0.15) is 0 Å². The zero-order chi connectivity index (χ0) is 15.1. The van der Waals surface area contributed by atoms with Crippen LogP contribution in [0.15, 0.2) is 33.5 Å². The van der Waals surface area contributed by atoms with E-state index >= 15 is 0 Å². The average molecular weight is 414 g/mol. The van der Waals surface area contributed by atoms with Crippen molar-refractivity contribution in [2.24, 2.45) is 7.05 Å². The number of hydrogen-bond donors (Lipinski definition) is 0. The molecule has 1 aromatic carbocycles. The van der Waals surface area contributed by atoms with Crippen LogP contribution in [0.1, 0.15) is 0 Å². The summed E-state index contributed by atoms with van der Waals surface area (Å²) in [5, 5.41) is 1.98. The largest absolute Gasteiger partial charge is 0.513 e. The van der Waals surface area contributed by atoms with Crippen molar-refractivity contribution in [2.75, 3.05) is 7.11 Å². The Bertz CT molecular complexity index is 874. The molecule has 0 amide bonds. The fraction of sp³-hybridized carbons (Fsp3) is 0.143. The minimum Gasteiger partial charge on any atom is -0.437 e. The number of pyridine rings is 1. The van der Waals surface area contributed by atoms with Gasteiger partial charge in [0.2, 0.25) is 0 Å². The molecule has 3 aromatic rings. The lowest BCUT2D eigenvalue weighted by Gasteiger charge is -2.09. The van der Waals surface area contributed by atoms with Crippen LogP contribution >= 0.6 is 31.9 Å². The van der Waals surface area contributed by atoms with Gasteiger partial charge < -0.3 is 14.0 Å². The van der Waals surface area contributed by atoms with Crippen LogP contribution in [-0.4, -0.2) is 22.8 Å². The molecule has 7 heteroatoms. The summed E-state index contributed by atoms with van der Waals surface area (Å²) in [6.45, 7) is 0. The van der Waals surface area contributed by atoms with Gasteiger partial charge in [0.15, 0.2) is 5.75 Å². The molecule has 0 aliphatic carbocycles. The zero-order valence-electron chi connectivity index (χ0n) is 11.2. The van der Waals surface area contributed by atoms with E-state index in [2.05, 4.69) is 41.6 Å². The number of carbonyl (C=O) groups is 1. The molecule has 5 nitrogen and oxygen atoms in total. The lowest BCUT2D eigenvalue weighted by Crippen LogP contribution is -2.08. The molecule has 0 atom stereocenters. The third-order valence-electron chi connectivity index (χ3n) is 3.30. The van der Waals surface area contributed by atoms with Crippen molar-refractivity contribution in [1.29, 1.82) is 0 Å². The van der Waals surface area contributed by atoms with Gasteiger partial charge in [0.05, 0.1) is 33.3 Å². The predicted octanol–water partition coefficient (Wildman–Crippen LogP) is 4.40. The summed E-state index contributed by atoms with van der Waals surface area (Å²) in [6, 6.07) is 3.83. The normalized spacial score (nSPS) is 11.0. The quantitative estimate of drug-likeness (QED) is 0.438. The van der Waals surface area contributed by atoms with E-state index < -0.39 is 6.16 Å². The summed E-state index contributed by atoms with van der Waals surface area (Å²) in [5.74, 6) is 0.388. The molecule has 0 spiro atoms. The summed E-state index contributed by atoms with van der Waals surface area (Å²) >= 11 is 6.95. The first kappa shape index (κ1) is 14.3. The number of aromatic nitrogens is 2. The first-order valence-corrected chi connectivity index (χ1v) is 7.59. The molecule has 21 heavy (non-hydrogen) atoms. The molecule has 0 radical (unpaired) electrons. The Kier molecular flexibility index (Phi) is 3.62. The Morgan fingerprint density at radius 3 is 2.81 bits per heavy atom. The number of hydrogen-bond acceptors (Lipinski definition) is 4. The number of ether oxygens (including phenoxy) is 2. The van der Waals surface area contributed by atoms with Crippen LogP contribution in [0.5, 0.6) is 5.75 Å². The van der Waals surface area contributed by atoms with Gasteiger partial charge in [0.25, 0.3) is 0 Å². The van der Waals surface area contributed by atoms with Crippen LogP contribution < -0.4 is 4.74 Å². The number of halogens is 2. The van der Waals surface area contributed by atoms with E-state index in [0.29, 0.717) is 14.7 Å². The fourth-order valence-corrected chi connectivity index (χ4v) is 3.80. The number of rotatable bonds is 1. The predicted molar refractivity (Wildman–Crippen MR) is 86.7 cm³/mol. The van der Waals surface area contributed by atoms with Crippen molar-refractivity contribution in [1.82, 2.24) is 9.55 Å². The van der Waals surface area contributed by atoms with Crippen LogP contribution in [0.3, 0.4) is 0 Å². The summed E-state index contributed by atoms with van der Waals surface area (Å²) in [7, 11) is 3.23. The molecule has 0 aliphatic rings. The van der Waals surface area contributed by atoms with Crippen LogP contribution in [0, 0.1) is 0 Å². The van der Waals surface area contributed by atoms with Crippen molar-refractivity contribution in [3.8, 4) is 5.75 Å². The number of benzene rings is 1. The van der Waals surface area contributed by atoms with Gasteiger partial charge in [-0.05, 0) is 44.0 Å². The second-order valence-electron chi connectivity index (χ2n) is 4.40. The SMILES string of the molecule is COC(=O)Oc1c(Br)cc2c(c1Br)c1ccncc1n2C. The highest BCUT2D eigenvalue weighted by Crippen LogP contribution is 2.43. The highest BCUT2D eigenvalue weighted by atomic mass is 79.9. The molecule has 0 bridgehead atoms. The van der Waals surface area contributed by atoms with Crippen LogP contribution in [0.25, 0.3) is 21.8 Å². The Morgan fingerprint density at radius 1 is 1.33 bits per heavy atom. The van der Waals surface area contributed by atoms with E-state index in [9.17, 15) is 4.79 Å². The third-order valence-corrected chi connectivity index (χ3v) is 4.65. The fourth-order valence-electron chi connectivity index (χ4n) is 2.32. The van der Waals surface area contributed by atoms with Gasteiger partial charge in [-0.15, -0.1) is 0 Å². The Balaban J connectivity index is 2.38. The third kappa shape index (κ3) is 2.20. The molecule has 0 N–H and O–H groups in total. The lowest BCUT2D eigenvalue weighted by molar-refractivity contribution is 0.121. The van der Waals surface area contributed by atoms with Gasteiger partial charge in [-0.25, -0.2) is 4.79 Å². The van der Waals surface area contributed by atoms with Crippen molar-refractivity contribution in [2.45, 2.75) is 0 Å². The van der Waals surface area contributed by atoms with Crippen molar-refractivity contribution >= 4 is 59.8 Å². The second-order valence-corrected chi connectivity index (χ2v) is 6.05. The summed E-state index contributed by atoms with van der Waals surface area (Å²) in [4.78, 5) is 15.5. The Labute approximate surface area is 137 Å². The van der Waals surface area contributed by atoms with E-state index in [1.165, 1.54) is 7.11 Å². The number of aryl methyl sites for hydroxylation is 1. The lowest BCUT2D eigenvalue weighted by atomic mass is 10.2. The minimum atomic E-state index is -0.766. The second kappa shape index (κ2) is 5.31. The molecule has 2 aromatic heterocycles. The van der Waals surface area contributed by atoms with Crippen LogP contribution in [-0.2, 0) is 11.8 Å². The molecule has 0 aliphatic heterocycles. The first-order chi connectivity index (χ1) is 10.0. The summed E-state index contributed by atoms with van der Waals surface area (Å²) < 4.78 is 13.1. The van der Waals surface area contributed by atoms with Crippen molar-refractivity contribution in [3.05, 3.63) is 33.5 Å². The van der Waals surface area contributed by atoms with E-state index in [4.69, 9.17) is 4.74 Å². The highest BCUT2D eigenvalue weighted by molar-refractivity contribution is 9.11. The average Bonchev–Trinajstić information content (AvgIpc) is 2.77. The molecule has 0 fully saturated rings. The first-order valence-electron chi connectivity index (χ1n) is 6.00. The van der Waals surface area contributed by atoms with E-state index in [0.717, 1.165) is 21.8 Å². The smallest absolute Gasteiger partial charge is 0.437 e. The molecule has 108 valence electrons. The molecule has 0 unspecified atom stereocenters. The van der Waals surface area contributed by atoms with Gasteiger partial charge in [-0.3, -0.25) is 4.98 Å². The maximum absolute atomic E-state index is 11.4. The summed E-state index contributed by atoms with van der Waals surface area (Å²) in [6.07, 6.45) is 2.77. The van der Waals surface area contributed by atoms with Crippen molar-refractivity contribution in [3.63, 3.8) is 0 Å². The van der Waals surface area contributed by atoms with E-state index in [-0.39, 0.29) is 0 Å². The number of nitrogens with zero attached hydrogens (tertiary/aromatic N) is 2. The summed E-state index contributed by atoms with van der Waals surface area (Å²) in [5.41, 5.74) is 1.99. The monoisotopic (exact) mass is 412 g/mol. The molecule has 0 saturated heterocycles. The van der Waals surface area contributed by atoms with E-state index in [1.54, 1.807) is 12.4 Å². The van der Waals surface area contributed by atoms with Crippen LogP contribution in [0.4, 0.5) is 4.79 Å². The number of carbonyl (C=O) groups excluding carboxylic acids is 1. The topological polar surface area (TPSA) is 53.4 Å². The zero-order valence-corrected chi connectivity index (χ0v) is 14.4. The number of fused-ring (bicyclic) bond motifs is 3. The molecular formula is C14H10Br2N2O3. The van der Waals surface area contributed by atoms with Gasteiger partial charge in [-0.1, -0.05) is 0 Å². The maximum atomic E-state index is 11.4. The van der Waals surface area contributed by atoms with Gasteiger partial charge in [0, 0.05) is 24.0 Å². The van der Waals surface area contributed by atoms with Crippen LogP contribution in [0.2, 0.25) is 0 Å². The highest BCUT2D eigenvalue weighted by Gasteiger charge is 2.20. The van der Waals surface area contributed by atoms with Gasteiger partial charge in [-0.2, -0.15) is 0 Å². The number of methoxy groups -OCH3 is 1. The molecular weight excluding hydrogens is 404 g/mol. The standard InChI is InChI=1S/C14H10Br2N2O3/c1-18-9-5-8(15)13(21-14(19)20-2)12(16)11(9)7-3-4-17-6-10(7)18/h3-6H,1-2H3. The Morgan fingerprint density at radius 2 is 2.10 bits per heavy atom. The molecule has 3 rings (SSSR count). The minimum absolute atomic E-state index is 0.388. The van der Waals surface area contributed by atoms with E-state index in [1.807, 2.05) is 23.7 Å². The van der Waals surface area contributed by atoms with Crippen molar-refractivity contribution < 1.29 is 14.3 Å². The molecule has 0 saturated carbocycles. The maximum Gasteiger partial charge on any atom is 0.513 e. The Hall–Kier alpha value is -1.60. The van der Waals surface area contributed by atoms with Gasteiger partial charge >= 0.3 is 6.16 Å². The molecule has 2 heterocycles.